The van der Waals surface area contributed by atoms with Crippen LogP contribution in [0.1, 0.15) is 35.4 Å². The molecule has 3 rings (SSSR count). The summed E-state index contributed by atoms with van der Waals surface area (Å²) in [6.45, 7) is 2.23. The highest BCUT2D eigenvalue weighted by molar-refractivity contribution is 6.03. The predicted octanol–water partition coefficient (Wildman–Crippen LogP) is 1.67. The van der Waals surface area contributed by atoms with E-state index in [1.54, 1.807) is 6.07 Å². The Morgan fingerprint density at radius 3 is 2.85 bits per heavy atom. The topological polar surface area (TPSA) is 76.0 Å². The quantitative estimate of drug-likeness (QED) is 0.817. The molecule has 0 radical (unpaired) electrons. The van der Waals surface area contributed by atoms with Crippen molar-refractivity contribution < 1.29 is 24.5 Å². The number of aromatic hydroxyl groups is 1. The first kappa shape index (κ1) is 13.4. The second kappa shape index (κ2) is 4.75. The zero-order chi connectivity index (χ0) is 14.4. The number of hydrogen-bond donors (Lipinski definition) is 2. The lowest BCUT2D eigenvalue weighted by molar-refractivity contribution is -0.0688. The maximum atomic E-state index is 12.5. The van der Waals surface area contributed by atoms with Crippen LogP contribution in [0.25, 0.3) is 0 Å². The van der Waals surface area contributed by atoms with E-state index < -0.39 is 6.10 Å². The number of benzene rings is 1. The third-order valence-electron chi connectivity index (χ3n) is 4.35. The van der Waals surface area contributed by atoms with Gasteiger partial charge in [0.2, 0.25) is 0 Å². The number of aliphatic hydroxyl groups is 1. The van der Waals surface area contributed by atoms with Crippen molar-refractivity contribution in [3.05, 3.63) is 23.3 Å². The Morgan fingerprint density at radius 2 is 2.15 bits per heavy atom. The van der Waals surface area contributed by atoms with Crippen LogP contribution < -0.4 is 4.74 Å². The maximum absolute atomic E-state index is 12.5. The second-order valence-corrected chi connectivity index (χ2v) is 5.57. The van der Waals surface area contributed by atoms with Gasteiger partial charge in [-0.1, -0.05) is 0 Å². The van der Waals surface area contributed by atoms with Crippen molar-refractivity contribution in [2.45, 2.75) is 25.6 Å². The Hall–Kier alpha value is -1.59. The standard InChI is InChI=1S/C15H18O5/c1-7-3-9-11(6-20-7)15(18)13-10(14(9)17)4-8(19-2)5-12(13)16/h4-5,7,9,11,14,16-17H,3,6H2,1-2H3/t7?,9-,11-,14+/m0/s1. The van der Waals surface area contributed by atoms with E-state index in [-0.39, 0.29) is 35.0 Å². The van der Waals surface area contributed by atoms with Crippen LogP contribution >= 0.6 is 0 Å². The van der Waals surface area contributed by atoms with Crippen LogP contribution in [0.4, 0.5) is 0 Å². The van der Waals surface area contributed by atoms with Crippen molar-refractivity contribution in [1.29, 1.82) is 0 Å². The van der Waals surface area contributed by atoms with Crippen LogP contribution in [0.15, 0.2) is 12.1 Å². The lowest BCUT2D eigenvalue weighted by atomic mass is 9.70. The van der Waals surface area contributed by atoms with E-state index in [2.05, 4.69) is 0 Å². The third kappa shape index (κ3) is 1.89. The summed E-state index contributed by atoms with van der Waals surface area (Å²) in [4.78, 5) is 12.5. The van der Waals surface area contributed by atoms with Gasteiger partial charge in [-0.3, -0.25) is 4.79 Å². The van der Waals surface area contributed by atoms with Gasteiger partial charge >= 0.3 is 0 Å². The molecule has 4 atom stereocenters. The molecule has 0 bridgehead atoms. The summed E-state index contributed by atoms with van der Waals surface area (Å²) < 4.78 is 10.6. The summed E-state index contributed by atoms with van der Waals surface area (Å²) in [6.07, 6.45) is -0.117. The number of rotatable bonds is 1. The lowest BCUT2D eigenvalue weighted by Gasteiger charge is -2.41. The summed E-state index contributed by atoms with van der Waals surface area (Å²) in [5.74, 6) is -0.396. The number of carbonyl (C=O) groups excluding carboxylic acids is 1. The van der Waals surface area contributed by atoms with E-state index in [9.17, 15) is 15.0 Å². The molecule has 5 nitrogen and oxygen atoms in total. The van der Waals surface area contributed by atoms with Gasteiger partial charge in [0.15, 0.2) is 5.78 Å². The molecular weight excluding hydrogens is 260 g/mol. The summed E-state index contributed by atoms with van der Waals surface area (Å²) in [7, 11) is 1.48. The molecule has 0 saturated carbocycles. The van der Waals surface area contributed by atoms with Gasteiger partial charge in [0.1, 0.15) is 11.5 Å². The third-order valence-corrected chi connectivity index (χ3v) is 4.35. The van der Waals surface area contributed by atoms with Gasteiger partial charge in [0.25, 0.3) is 0 Å². The van der Waals surface area contributed by atoms with Crippen molar-refractivity contribution in [1.82, 2.24) is 0 Å². The monoisotopic (exact) mass is 278 g/mol. The fourth-order valence-corrected chi connectivity index (χ4v) is 3.28. The first-order valence-corrected chi connectivity index (χ1v) is 6.77. The predicted molar refractivity (Wildman–Crippen MR) is 71.0 cm³/mol. The molecule has 0 spiro atoms. The zero-order valence-electron chi connectivity index (χ0n) is 11.5. The second-order valence-electron chi connectivity index (χ2n) is 5.57. The Morgan fingerprint density at radius 1 is 1.40 bits per heavy atom. The number of ether oxygens (including phenoxy) is 2. The SMILES string of the molecule is COc1cc(O)c2c(c1)[C@H](O)[C@H]1CC(C)OC[C@@H]1C2=O. The molecular formula is C15H18O5. The van der Waals surface area contributed by atoms with Gasteiger partial charge in [0.05, 0.1) is 37.4 Å². The number of ketones is 1. The Bertz CT molecular complexity index is 553. The van der Waals surface area contributed by atoms with Crippen molar-refractivity contribution in [2.24, 2.45) is 11.8 Å². The Labute approximate surface area is 117 Å². The van der Waals surface area contributed by atoms with Crippen LogP contribution in [-0.4, -0.2) is 35.8 Å². The minimum Gasteiger partial charge on any atom is -0.507 e. The van der Waals surface area contributed by atoms with E-state index in [4.69, 9.17) is 9.47 Å². The van der Waals surface area contributed by atoms with Crippen LogP contribution in [-0.2, 0) is 4.74 Å². The van der Waals surface area contributed by atoms with E-state index in [0.717, 1.165) is 0 Å². The molecule has 1 aromatic rings. The van der Waals surface area contributed by atoms with Gasteiger partial charge in [-0.25, -0.2) is 0 Å². The Kier molecular flexibility index (Phi) is 3.18. The van der Waals surface area contributed by atoms with E-state index in [1.165, 1.54) is 13.2 Å². The van der Waals surface area contributed by atoms with Gasteiger partial charge in [-0.15, -0.1) is 0 Å². The molecule has 5 heteroatoms. The van der Waals surface area contributed by atoms with Crippen molar-refractivity contribution in [3.63, 3.8) is 0 Å². The smallest absolute Gasteiger partial charge is 0.172 e. The average molecular weight is 278 g/mol. The molecule has 1 aliphatic carbocycles. The molecule has 0 aromatic heterocycles. The highest BCUT2D eigenvalue weighted by atomic mass is 16.5. The molecule has 2 aliphatic rings. The number of Topliss-reactive ketones (excluding diaryl/α,β-unsaturated/α-hetero) is 1. The van der Waals surface area contributed by atoms with E-state index in [1.807, 2.05) is 6.92 Å². The summed E-state index contributed by atoms with van der Waals surface area (Å²) in [5, 5.41) is 20.6. The summed E-state index contributed by atoms with van der Waals surface area (Å²) in [6, 6.07) is 3.03. The van der Waals surface area contributed by atoms with Crippen LogP contribution in [0.2, 0.25) is 0 Å². The number of phenols is 1. The van der Waals surface area contributed by atoms with E-state index >= 15 is 0 Å². The zero-order valence-corrected chi connectivity index (χ0v) is 11.5. The number of methoxy groups -OCH3 is 1. The largest absolute Gasteiger partial charge is 0.507 e. The molecule has 2 N–H and O–H groups in total. The lowest BCUT2D eigenvalue weighted by Crippen LogP contribution is -2.43. The van der Waals surface area contributed by atoms with Gasteiger partial charge < -0.3 is 19.7 Å². The molecule has 1 heterocycles. The van der Waals surface area contributed by atoms with Gasteiger partial charge in [-0.2, -0.15) is 0 Å². The molecule has 20 heavy (non-hydrogen) atoms. The van der Waals surface area contributed by atoms with Crippen LogP contribution in [0.3, 0.4) is 0 Å². The highest BCUT2D eigenvalue weighted by Crippen LogP contribution is 2.46. The first-order chi connectivity index (χ1) is 9.52. The van der Waals surface area contributed by atoms with Crippen LogP contribution in [0.5, 0.6) is 11.5 Å². The van der Waals surface area contributed by atoms with Gasteiger partial charge in [-0.05, 0) is 25.0 Å². The first-order valence-electron chi connectivity index (χ1n) is 6.77. The van der Waals surface area contributed by atoms with Crippen molar-refractivity contribution in [3.8, 4) is 11.5 Å². The number of hydrogen-bond acceptors (Lipinski definition) is 5. The number of phenolic OH excluding ortho intramolecular Hbond substituents is 1. The maximum Gasteiger partial charge on any atom is 0.172 e. The molecule has 1 unspecified atom stereocenters. The van der Waals surface area contributed by atoms with Gasteiger partial charge in [0, 0.05) is 12.0 Å². The molecule has 1 aromatic carbocycles. The van der Waals surface area contributed by atoms with E-state index in [0.29, 0.717) is 24.3 Å². The van der Waals surface area contributed by atoms with Crippen LogP contribution in [0, 0.1) is 11.8 Å². The minimum atomic E-state index is -0.778. The summed E-state index contributed by atoms with van der Waals surface area (Å²) >= 11 is 0. The number of fused-ring (bicyclic) bond motifs is 2. The molecule has 1 aliphatic heterocycles. The fourth-order valence-electron chi connectivity index (χ4n) is 3.28. The minimum absolute atomic E-state index is 0.0273. The Balaban J connectivity index is 2.11. The number of aliphatic hydroxyl groups excluding tert-OH is 1. The van der Waals surface area contributed by atoms with Crippen molar-refractivity contribution >= 4 is 5.78 Å². The fraction of sp³-hybridized carbons (Fsp3) is 0.533. The molecule has 1 fully saturated rings. The highest BCUT2D eigenvalue weighted by Gasteiger charge is 2.45. The van der Waals surface area contributed by atoms with Crippen molar-refractivity contribution in [2.75, 3.05) is 13.7 Å². The molecule has 108 valence electrons. The molecule has 0 amide bonds. The molecule has 1 saturated heterocycles. The average Bonchev–Trinajstić information content (AvgIpc) is 2.43. The number of carbonyl (C=O) groups is 1. The summed E-state index contributed by atoms with van der Waals surface area (Å²) in [5.41, 5.74) is 0.667. The normalized spacial score (nSPS) is 32.5.